The maximum absolute atomic E-state index is 13.3. The molecule has 2 heterocycles. The van der Waals surface area contributed by atoms with Crippen molar-refractivity contribution >= 4 is 22.5 Å². The minimum Gasteiger partial charge on any atom is -0.261 e. The van der Waals surface area contributed by atoms with E-state index in [-0.39, 0.29) is 11.3 Å². The molecule has 2 nitrogen and oxygen atoms in total. The van der Waals surface area contributed by atoms with E-state index in [1.165, 1.54) is 6.07 Å². The maximum atomic E-state index is 13.3. The van der Waals surface area contributed by atoms with Crippen LogP contribution in [0.3, 0.4) is 0 Å². The predicted molar refractivity (Wildman–Crippen MR) is 79.7 cm³/mol. The van der Waals surface area contributed by atoms with Gasteiger partial charge in [0.1, 0.15) is 0 Å². The van der Waals surface area contributed by atoms with Crippen molar-refractivity contribution in [2.45, 2.75) is 13.3 Å². The molecule has 0 aliphatic rings. The number of rotatable bonds is 2. The summed E-state index contributed by atoms with van der Waals surface area (Å²) in [7, 11) is 0. The summed E-state index contributed by atoms with van der Waals surface area (Å²) in [5.74, 6) is 0. The van der Waals surface area contributed by atoms with Gasteiger partial charge in [-0.25, -0.2) is 13.8 Å². The first-order valence-electron chi connectivity index (χ1n) is 6.36. The van der Waals surface area contributed by atoms with Crippen molar-refractivity contribution in [3.8, 4) is 11.3 Å². The second kappa shape index (κ2) is 5.37. The van der Waals surface area contributed by atoms with E-state index in [4.69, 9.17) is 11.6 Å². The van der Waals surface area contributed by atoms with Crippen molar-refractivity contribution in [2.75, 3.05) is 0 Å². The van der Waals surface area contributed by atoms with Crippen molar-refractivity contribution in [2.24, 2.45) is 0 Å². The lowest BCUT2D eigenvalue weighted by Crippen LogP contribution is -1.96. The van der Waals surface area contributed by atoms with Crippen LogP contribution in [-0.2, 0) is 0 Å². The van der Waals surface area contributed by atoms with Crippen LogP contribution in [0.15, 0.2) is 42.6 Å². The van der Waals surface area contributed by atoms with Gasteiger partial charge in [0.25, 0.3) is 6.43 Å². The van der Waals surface area contributed by atoms with Gasteiger partial charge in [-0.1, -0.05) is 17.7 Å². The Bertz CT molecular complexity index is 801. The van der Waals surface area contributed by atoms with Gasteiger partial charge >= 0.3 is 0 Å². The summed E-state index contributed by atoms with van der Waals surface area (Å²) < 4.78 is 26.7. The lowest BCUT2D eigenvalue weighted by Gasteiger charge is -2.11. The molecule has 5 heteroatoms. The molecule has 0 radical (unpaired) electrons. The normalized spacial score (nSPS) is 11.3. The van der Waals surface area contributed by atoms with E-state index in [1.54, 1.807) is 36.5 Å². The zero-order valence-corrected chi connectivity index (χ0v) is 11.9. The van der Waals surface area contributed by atoms with Crippen molar-refractivity contribution in [1.29, 1.82) is 0 Å². The Hall–Kier alpha value is -2.07. The van der Waals surface area contributed by atoms with Gasteiger partial charge in [0.2, 0.25) is 0 Å². The van der Waals surface area contributed by atoms with Crippen LogP contribution in [-0.4, -0.2) is 9.97 Å². The first-order chi connectivity index (χ1) is 10.1. The summed E-state index contributed by atoms with van der Waals surface area (Å²) in [5.41, 5.74) is 2.08. The van der Waals surface area contributed by atoms with Crippen molar-refractivity contribution in [1.82, 2.24) is 9.97 Å². The Kier molecular flexibility index (Phi) is 3.55. The van der Waals surface area contributed by atoms with E-state index in [9.17, 15) is 8.78 Å². The van der Waals surface area contributed by atoms with Crippen LogP contribution in [0.5, 0.6) is 0 Å². The van der Waals surface area contributed by atoms with Crippen molar-refractivity contribution < 1.29 is 8.78 Å². The molecule has 3 aromatic rings. The maximum Gasteiger partial charge on any atom is 0.265 e. The largest absolute Gasteiger partial charge is 0.265 e. The van der Waals surface area contributed by atoms with Crippen molar-refractivity contribution in [3.05, 3.63) is 58.9 Å². The van der Waals surface area contributed by atoms with Crippen LogP contribution in [0.2, 0.25) is 5.02 Å². The Morgan fingerprint density at radius 2 is 1.95 bits per heavy atom. The second-order valence-corrected chi connectivity index (χ2v) is 5.13. The number of aromatic nitrogens is 2. The van der Waals surface area contributed by atoms with E-state index in [2.05, 4.69) is 9.97 Å². The van der Waals surface area contributed by atoms with Gasteiger partial charge in [-0.05, 0) is 37.3 Å². The highest BCUT2D eigenvalue weighted by molar-refractivity contribution is 6.35. The highest BCUT2D eigenvalue weighted by Crippen LogP contribution is 2.34. The van der Waals surface area contributed by atoms with Gasteiger partial charge in [-0.2, -0.15) is 0 Å². The molecule has 0 aliphatic heterocycles. The molecule has 0 unspecified atom stereocenters. The number of hydrogen-bond acceptors (Lipinski definition) is 2. The molecular weight excluding hydrogens is 294 g/mol. The summed E-state index contributed by atoms with van der Waals surface area (Å²) in [5, 5.41) is 0.939. The van der Waals surface area contributed by atoms with E-state index in [0.29, 0.717) is 21.5 Å². The number of pyridine rings is 2. The minimum absolute atomic E-state index is 0.138. The monoisotopic (exact) mass is 304 g/mol. The van der Waals surface area contributed by atoms with Gasteiger partial charge in [0, 0.05) is 33.4 Å². The van der Waals surface area contributed by atoms with Gasteiger partial charge in [0.05, 0.1) is 11.2 Å². The third kappa shape index (κ3) is 2.59. The standard InChI is InChI=1S/C16H11ClF2N2/c1-9-5-6-10(8-20-9)15-12(16(18)19)7-11-13(17)3-2-4-14(11)21-15/h2-8,16H,1H3. The van der Waals surface area contributed by atoms with E-state index >= 15 is 0 Å². The molecule has 0 N–H and O–H groups in total. The number of fused-ring (bicyclic) bond motifs is 1. The fraction of sp³-hybridized carbons (Fsp3) is 0.125. The van der Waals surface area contributed by atoms with Crippen molar-refractivity contribution in [3.63, 3.8) is 0 Å². The van der Waals surface area contributed by atoms with Crippen LogP contribution in [0.4, 0.5) is 8.78 Å². The first-order valence-corrected chi connectivity index (χ1v) is 6.74. The zero-order valence-electron chi connectivity index (χ0n) is 11.1. The zero-order chi connectivity index (χ0) is 15.0. The van der Waals surface area contributed by atoms with Crippen LogP contribution in [0.25, 0.3) is 22.2 Å². The fourth-order valence-corrected chi connectivity index (χ4v) is 2.40. The molecule has 0 amide bonds. The molecule has 0 saturated heterocycles. The highest BCUT2D eigenvalue weighted by atomic mass is 35.5. The van der Waals surface area contributed by atoms with Crippen LogP contribution < -0.4 is 0 Å². The molecule has 0 fully saturated rings. The van der Waals surface area contributed by atoms with Crippen LogP contribution in [0.1, 0.15) is 17.7 Å². The SMILES string of the molecule is Cc1ccc(-c2nc3cccc(Cl)c3cc2C(F)F)cn1. The number of nitrogens with zero attached hydrogens (tertiary/aromatic N) is 2. The summed E-state index contributed by atoms with van der Waals surface area (Å²) in [4.78, 5) is 8.50. The summed E-state index contributed by atoms with van der Waals surface area (Å²) in [6, 6.07) is 10.1. The molecule has 0 bridgehead atoms. The molecule has 0 saturated carbocycles. The molecular formula is C16H11ClF2N2. The number of halogens is 3. The quantitative estimate of drug-likeness (QED) is 0.650. The lowest BCUT2D eigenvalue weighted by atomic mass is 10.0. The number of hydrogen-bond donors (Lipinski definition) is 0. The Labute approximate surface area is 125 Å². The number of aryl methyl sites for hydroxylation is 1. The third-order valence-electron chi connectivity index (χ3n) is 3.26. The number of alkyl halides is 2. The van der Waals surface area contributed by atoms with Crippen LogP contribution >= 0.6 is 11.6 Å². The summed E-state index contributed by atoms with van der Waals surface area (Å²) in [6.45, 7) is 1.84. The third-order valence-corrected chi connectivity index (χ3v) is 3.58. The van der Waals surface area contributed by atoms with Gasteiger partial charge in [-0.3, -0.25) is 4.98 Å². The van der Waals surface area contributed by atoms with Gasteiger partial charge < -0.3 is 0 Å². The van der Waals surface area contributed by atoms with E-state index in [0.717, 1.165) is 5.69 Å². The Morgan fingerprint density at radius 1 is 1.14 bits per heavy atom. The minimum atomic E-state index is -2.63. The summed E-state index contributed by atoms with van der Waals surface area (Å²) >= 11 is 6.06. The summed E-state index contributed by atoms with van der Waals surface area (Å²) in [6.07, 6.45) is -1.07. The van der Waals surface area contributed by atoms with Crippen LogP contribution in [0, 0.1) is 6.92 Å². The van der Waals surface area contributed by atoms with Gasteiger partial charge in [0.15, 0.2) is 0 Å². The molecule has 1 aromatic carbocycles. The first kappa shape index (κ1) is 13.9. The van der Waals surface area contributed by atoms with E-state index < -0.39 is 6.43 Å². The Balaban J connectivity index is 2.30. The topological polar surface area (TPSA) is 25.8 Å². The average Bonchev–Trinajstić information content (AvgIpc) is 2.47. The highest BCUT2D eigenvalue weighted by Gasteiger charge is 2.18. The molecule has 0 atom stereocenters. The smallest absolute Gasteiger partial charge is 0.261 e. The Morgan fingerprint density at radius 3 is 2.62 bits per heavy atom. The lowest BCUT2D eigenvalue weighted by molar-refractivity contribution is 0.152. The molecule has 106 valence electrons. The fourth-order valence-electron chi connectivity index (χ4n) is 2.18. The molecule has 0 spiro atoms. The molecule has 2 aromatic heterocycles. The molecule has 3 rings (SSSR count). The number of benzene rings is 1. The van der Waals surface area contributed by atoms with E-state index in [1.807, 2.05) is 6.92 Å². The molecule has 21 heavy (non-hydrogen) atoms. The molecule has 0 aliphatic carbocycles. The predicted octanol–water partition coefficient (Wildman–Crippen LogP) is 5.20. The average molecular weight is 305 g/mol. The second-order valence-electron chi connectivity index (χ2n) is 4.72. The van der Waals surface area contributed by atoms with Gasteiger partial charge in [-0.15, -0.1) is 0 Å².